The number of rotatable bonds is 4. The van der Waals surface area contributed by atoms with E-state index in [4.69, 9.17) is 0 Å². The molecule has 1 heterocycles. The number of hydrogen-bond donors (Lipinski definition) is 2. The molecule has 0 saturated carbocycles. The number of imide groups is 1. The number of phenols is 1. The molecule has 122 valence electrons. The van der Waals surface area contributed by atoms with Gasteiger partial charge in [0.05, 0.1) is 5.92 Å². The van der Waals surface area contributed by atoms with Crippen LogP contribution in [0.1, 0.15) is 42.7 Å². The van der Waals surface area contributed by atoms with Crippen LogP contribution in [0.5, 0.6) is 5.75 Å². The van der Waals surface area contributed by atoms with E-state index in [0.29, 0.717) is 0 Å². The Morgan fingerprint density at radius 3 is 2.70 bits per heavy atom. The lowest BCUT2D eigenvalue weighted by molar-refractivity contribution is -0.138. The first-order chi connectivity index (χ1) is 11.1. The number of amides is 3. The molecule has 0 bridgehead atoms. The van der Waals surface area contributed by atoms with Crippen molar-refractivity contribution in [1.29, 1.82) is 0 Å². The second-order valence-electron chi connectivity index (χ2n) is 6.02. The molecule has 1 atom stereocenters. The zero-order valence-corrected chi connectivity index (χ0v) is 12.9. The molecule has 2 N–H and O–H groups in total. The maximum absolute atomic E-state index is 12.4. The summed E-state index contributed by atoms with van der Waals surface area (Å²) in [4.78, 5) is 36.7. The van der Waals surface area contributed by atoms with Crippen LogP contribution in [-0.2, 0) is 20.8 Å². The fraction of sp³-hybridized carbons (Fsp3) is 0.471. The smallest absolute Gasteiger partial charge is 0.229 e. The predicted molar refractivity (Wildman–Crippen MR) is 82.7 cm³/mol. The number of aromatic hydroxyl groups is 1. The van der Waals surface area contributed by atoms with Crippen molar-refractivity contribution in [2.24, 2.45) is 0 Å². The molecule has 1 fully saturated rings. The molecule has 1 aliphatic heterocycles. The van der Waals surface area contributed by atoms with Crippen molar-refractivity contribution < 1.29 is 19.5 Å². The van der Waals surface area contributed by atoms with Crippen LogP contribution >= 0.6 is 0 Å². The molecule has 6 nitrogen and oxygen atoms in total. The number of carbonyl (C=O) groups is 3. The summed E-state index contributed by atoms with van der Waals surface area (Å²) in [7, 11) is 0. The Labute approximate surface area is 134 Å². The van der Waals surface area contributed by atoms with Gasteiger partial charge in [-0.25, -0.2) is 0 Å². The van der Waals surface area contributed by atoms with Gasteiger partial charge in [-0.1, -0.05) is 12.1 Å². The Morgan fingerprint density at radius 2 is 1.96 bits per heavy atom. The molecule has 1 saturated heterocycles. The summed E-state index contributed by atoms with van der Waals surface area (Å²) in [6.45, 7) is 0.490. The first kappa shape index (κ1) is 15.5. The van der Waals surface area contributed by atoms with Crippen molar-refractivity contribution in [3.63, 3.8) is 0 Å². The van der Waals surface area contributed by atoms with Crippen LogP contribution in [-0.4, -0.2) is 40.8 Å². The van der Waals surface area contributed by atoms with Crippen molar-refractivity contribution in [2.75, 3.05) is 13.1 Å². The molecule has 1 aromatic carbocycles. The van der Waals surface area contributed by atoms with E-state index < -0.39 is 0 Å². The monoisotopic (exact) mass is 316 g/mol. The summed E-state index contributed by atoms with van der Waals surface area (Å²) in [6.07, 6.45) is 2.91. The first-order valence-corrected chi connectivity index (χ1v) is 7.99. The summed E-state index contributed by atoms with van der Waals surface area (Å²) in [5.41, 5.74) is 1.73. The number of fused-ring (bicyclic) bond motifs is 1. The largest absolute Gasteiger partial charge is 0.508 e. The highest BCUT2D eigenvalue weighted by Crippen LogP contribution is 2.36. The number of carbonyl (C=O) groups excluding carboxylic acids is 3. The number of hydrogen-bond acceptors (Lipinski definition) is 4. The zero-order chi connectivity index (χ0) is 16.4. The van der Waals surface area contributed by atoms with Crippen LogP contribution in [0.15, 0.2) is 18.2 Å². The molecule has 0 spiro atoms. The third-order valence-corrected chi connectivity index (χ3v) is 4.59. The highest BCUT2D eigenvalue weighted by molar-refractivity contribution is 6.01. The van der Waals surface area contributed by atoms with Crippen molar-refractivity contribution >= 4 is 17.7 Å². The second-order valence-corrected chi connectivity index (χ2v) is 6.02. The molecule has 6 heteroatoms. The minimum atomic E-state index is -0.282. The van der Waals surface area contributed by atoms with Crippen molar-refractivity contribution in [3.8, 4) is 5.75 Å². The van der Waals surface area contributed by atoms with Gasteiger partial charge in [0.1, 0.15) is 5.75 Å². The van der Waals surface area contributed by atoms with Gasteiger partial charge in [0.2, 0.25) is 17.7 Å². The fourth-order valence-electron chi connectivity index (χ4n) is 3.39. The van der Waals surface area contributed by atoms with Gasteiger partial charge in [-0.15, -0.1) is 0 Å². The Bertz CT molecular complexity index is 640. The number of likely N-dealkylation sites (tertiary alicyclic amines) is 1. The van der Waals surface area contributed by atoms with Crippen LogP contribution in [0, 0.1) is 0 Å². The summed E-state index contributed by atoms with van der Waals surface area (Å²) < 4.78 is 0. The van der Waals surface area contributed by atoms with E-state index in [1.165, 1.54) is 4.90 Å². The Kier molecular flexibility index (Phi) is 4.32. The molecule has 3 rings (SSSR count). The van der Waals surface area contributed by atoms with Crippen LogP contribution in [0.3, 0.4) is 0 Å². The third kappa shape index (κ3) is 3.06. The molecule has 3 amide bonds. The summed E-state index contributed by atoms with van der Waals surface area (Å²) in [5, 5.41) is 12.7. The van der Waals surface area contributed by atoms with Gasteiger partial charge >= 0.3 is 0 Å². The molecule has 23 heavy (non-hydrogen) atoms. The van der Waals surface area contributed by atoms with E-state index in [1.807, 2.05) is 6.07 Å². The SMILES string of the molecule is O=C(NCCN1C(=O)CCC1=O)[C@@H]1CCCc2c(O)cccc21. The highest BCUT2D eigenvalue weighted by atomic mass is 16.3. The van der Waals surface area contributed by atoms with Crippen molar-refractivity contribution in [2.45, 2.75) is 38.0 Å². The minimum Gasteiger partial charge on any atom is -0.508 e. The maximum atomic E-state index is 12.4. The Hall–Kier alpha value is -2.37. The minimum absolute atomic E-state index is 0.115. The van der Waals surface area contributed by atoms with Crippen LogP contribution < -0.4 is 5.32 Å². The first-order valence-electron chi connectivity index (χ1n) is 7.99. The van der Waals surface area contributed by atoms with Gasteiger partial charge in [-0.2, -0.15) is 0 Å². The highest BCUT2D eigenvalue weighted by Gasteiger charge is 2.30. The molecular formula is C17H20N2O4. The van der Waals surface area contributed by atoms with E-state index >= 15 is 0 Å². The molecule has 0 aromatic heterocycles. The standard InChI is InChI=1S/C17H20N2O4/c20-14-6-2-3-11-12(14)4-1-5-13(11)17(23)18-9-10-19-15(21)7-8-16(19)22/h2-3,6,13,20H,1,4-5,7-10H2,(H,18,23)/t13-/m1/s1. The molecule has 0 unspecified atom stereocenters. The number of benzene rings is 1. The van der Waals surface area contributed by atoms with Crippen molar-refractivity contribution in [3.05, 3.63) is 29.3 Å². The molecule has 1 aliphatic carbocycles. The lowest BCUT2D eigenvalue weighted by atomic mass is 9.82. The van der Waals surface area contributed by atoms with Gasteiger partial charge in [0.15, 0.2) is 0 Å². The molecule has 1 aromatic rings. The number of nitrogens with one attached hydrogen (secondary N) is 1. The Morgan fingerprint density at radius 1 is 1.22 bits per heavy atom. The van der Waals surface area contributed by atoms with E-state index in [2.05, 4.69) is 5.32 Å². The lowest BCUT2D eigenvalue weighted by Crippen LogP contribution is -2.39. The summed E-state index contributed by atoms with van der Waals surface area (Å²) in [6, 6.07) is 5.27. The second kappa shape index (κ2) is 6.40. The van der Waals surface area contributed by atoms with E-state index in [9.17, 15) is 19.5 Å². The van der Waals surface area contributed by atoms with Crippen LogP contribution in [0.2, 0.25) is 0 Å². The fourth-order valence-corrected chi connectivity index (χ4v) is 3.39. The predicted octanol–water partition coefficient (Wildman–Crippen LogP) is 1.08. The number of phenolic OH excluding ortho intramolecular Hbond substituents is 1. The van der Waals surface area contributed by atoms with E-state index in [0.717, 1.165) is 30.4 Å². The van der Waals surface area contributed by atoms with Gasteiger partial charge in [-0.05, 0) is 36.5 Å². The average molecular weight is 316 g/mol. The van der Waals surface area contributed by atoms with Crippen LogP contribution in [0.4, 0.5) is 0 Å². The van der Waals surface area contributed by atoms with Gasteiger partial charge < -0.3 is 10.4 Å². The molecule has 0 radical (unpaired) electrons. The van der Waals surface area contributed by atoms with Gasteiger partial charge in [0.25, 0.3) is 0 Å². The molecular weight excluding hydrogens is 296 g/mol. The third-order valence-electron chi connectivity index (χ3n) is 4.59. The Balaban J connectivity index is 1.61. The topological polar surface area (TPSA) is 86.7 Å². The van der Waals surface area contributed by atoms with E-state index in [1.54, 1.807) is 12.1 Å². The van der Waals surface area contributed by atoms with Gasteiger partial charge in [-0.3, -0.25) is 19.3 Å². The van der Waals surface area contributed by atoms with Crippen LogP contribution in [0.25, 0.3) is 0 Å². The number of nitrogens with zero attached hydrogens (tertiary/aromatic N) is 1. The zero-order valence-electron chi connectivity index (χ0n) is 12.9. The summed E-state index contributed by atoms with van der Waals surface area (Å²) >= 11 is 0. The normalized spacial score (nSPS) is 20.5. The molecule has 2 aliphatic rings. The van der Waals surface area contributed by atoms with Gasteiger partial charge in [0, 0.05) is 25.9 Å². The average Bonchev–Trinajstić information content (AvgIpc) is 2.86. The van der Waals surface area contributed by atoms with E-state index in [-0.39, 0.29) is 55.3 Å². The quantitative estimate of drug-likeness (QED) is 0.814. The lowest BCUT2D eigenvalue weighted by Gasteiger charge is -2.25. The maximum Gasteiger partial charge on any atom is 0.229 e. The summed E-state index contributed by atoms with van der Waals surface area (Å²) in [5.74, 6) is -0.492. The van der Waals surface area contributed by atoms with Crippen molar-refractivity contribution in [1.82, 2.24) is 10.2 Å².